The molecule has 3 rings (SSSR count). The van der Waals surface area contributed by atoms with Gasteiger partial charge in [0.1, 0.15) is 0 Å². The van der Waals surface area contributed by atoms with Gasteiger partial charge in [0.2, 0.25) is 0 Å². The Morgan fingerprint density at radius 2 is 1.32 bits per heavy atom. The molecule has 0 amide bonds. The van der Waals surface area contributed by atoms with E-state index in [1.165, 1.54) is 22.3 Å². The Morgan fingerprint density at radius 1 is 0.682 bits per heavy atom. The molecular weight excluding hydrogens is 266 g/mol. The fourth-order valence-corrected chi connectivity index (χ4v) is 2.63. The second-order valence-corrected chi connectivity index (χ2v) is 6.59. The van der Waals surface area contributed by atoms with Crippen LogP contribution in [0.4, 0.5) is 0 Å². The number of aromatic nitrogens is 1. The Morgan fingerprint density at radius 3 is 1.91 bits per heavy atom. The maximum Gasteiger partial charge on any atom is 0.0708 e. The quantitative estimate of drug-likeness (QED) is 0.588. The first-order valence-corrected chi connectivity index (χ1v) is 7.67. The second-order valence-electron chi connectivity index (χ2n) is 6.59. The average Bonchev–Trinajstić information content (AvgIpc) is 2.55. The number of hydrogen-bond acceptors (Lipinski definition) is 1. The third-order valence-corrected chi connectivity index (χ3v) is 3.93. The second kappa shape index (κ2) is 5.76. The molecule has 0 N–H and O–H groups in total. The van der Waals surface area contributed by atoms with Gasteiger partial charge in [-0.05, 0) is 34.2 Å². The van der Waals surface area contributed by atoms with Crippen LogP contribution in [0, 0.1) is 0 Å². The number of pyridine rings is 1. The molecule has 3 aromatic rings. The SMILES string of the molecule is CC(C)(C)c1ccc(-c2ccccc2-c2ccccn2)cc1. The van der Waals surface area contributed by atoms with Crippen LogP contribution in [-0.2, 0) is 5.41 Å². The van der Waals surface area contributed by atoms with Crippen LogP contribution in [0.5, 0.6) is 0 Å². The molecule has 22 heavy (non-hydrogen) atoms. The van der Waals surface area contributed by atoms with Crippen molar-refractivity contribution in [2.75, 3.05) is 0 Å². The molecule has 0 spiro atoms. The molecule has 110 valence electrons. The molecule has 0 aliphatic rings. The van der Waals surface area contributed by atoms with Crippen LogP contribution >= 0.6 is 0 Å². The van der Waals surface area contributed by atoms with Crippen molar-refractivity contribution in [3.8, 4) is 22.4 Å². The summed E-state index contributed by atoms with van der Waals surface area (Å²) in [5.74, 6) is 0. The predicted molar refractivity (Wildman–Crippen MR) is 93.8 cm³/mol. The van der Waals surface area contributed by atoms with Gasteiger partial charge in [-0.2, -0.15) is 0 Å². The van der Waals surface area contributed by atoms with E-state index in [0.717, 1.165) is 5.69 Å². The van der Waals surface area contributed by atoms with Crippen molar-refractivity contribution in [1.82, 2.24) is 4.98 Å². The smallest absolute Gasteiger partial charge is 0.0708 e. The predicted octanol–water partition coefficient (Wildman–Crippen LogP) is 5.71. The zero-order valence-corrected chi connectivity index (χ0v) is 13.4. The lowest BCUT2D eigenvalue weighted by Gasteiger charge is -2.19. The molecule has 0 bridgehead atoms. The summed E-state index contributed by atoms with van der Waals surface area (Å²) in [5, 5.41) is 0. The van der Waals surface area contributed by atoms with E-state index in [9.17, 15) is 0 Å². The molecule has 0 saturated heterocycles. The highest BCUT2D eigenvalue weighted by atomic mass is 14.7. The number of rotatable bonds is 2. The summed E-state index contributed by atoms with van der Waals surface area (Å²) in [5.41, 5.74) is 6.17. The number of nitrogens with zero attached hydrogens (tertiary/aromatic N) is 1. The molecule has 0 radical (unpaired) electrons. The Bertz CT molecular complexity index is 750. The lowest BCUT2D eigenvalue weighted by molar-refractivity contribution is 0.590. The standard InChI is InChI=1S/C21H21N/c1-21(2,3)17-13-11-16(12-14-17)18-8-4-5-9-19(18)20-10-6-7-15-22-20/h4-15H,1-3H3. The van der Waals surface area contributed by atoms with Gasteiger partial charge < -0.3 is 0 Å². The summed E-state index contributed by atoms with van der Waals surface area (Å²) >= 11 is 0. The van der Waals surface area contributed by atoms with Crippen molar-refractivity contribution in [1.29, 1.82) is 0 Å². The molecule has 0 fully saturated rings. The molecule has 2 aromatic carbocycles. The molecular formula is C21H21N. The first-order chi connectivity index (χ1) is 10.6. The lowest BCUT2D eigenvalue weighted by Crippen LogP contribution is -2.10. The monoisotopic (exact) mass is 287 g/mol. The molecule has 0 aliphatic heterocycles. The molecule has 1 heterocycles. The highest BCUT2D eigenvalue weighted by molar-refractivity contribution is 5.81. The van der Waals surface area contributed by atoms with Gasteiger partial charge in [-0.3, -0.25) is 4.98 Å². The maximum absolute atomic E-state index is 4.49. The minimum absolute atomic E-state index is 0.180. The van der Waals surface area contributed by atoms with Crippen molar-refractivity contribution < 1.29 is 0 Å². The van der Waals surface area contributed by atoms with E-state index in [0.29, 0.717) is 0 Å². The highest BCUT2D eigenvalue weighted by Gasteiger charge is 2.14. The normalized spacial score (nSPS) is 11.4. The van der Waals surface area contributed by atoms with Gasteiger partial charge >= 0.3 is 0 Å². The van der Waals surface area contributed by atoms with Crippen LogP contribution in [0.2, 0.25) is 0 Å². The van der Waals surface area contributed by atoms with E-state index < -0.39 is 0 Å². The van der Waals surface area contributed by atoms with Gasteiger partial charge in [-0.25, -0.2) is 0 Å². The van der Waals surface area contributed by atoms with Gasteiger partial charge in [0.25, 0.3) is 0 Å². The summed E-state index contributed by atoms with van der Waals surface area (Å²) in [6.07, 6.45) is 1.84. The zero-order chi connectivity index (χ0) is 15.6. The van der Waals surface area contributed by atoms with Crippen molar-refractivity contribution in [3.05, 3.63) is 78.5 Å². The average molecular weight is 287 g/mol. The summed E-state index contributed by atoms with van der Waals surface area (Å²) in [4.78, 5) is 4.49. The molecule has 0 atom stereocenters. The van der Waals surface area contributed by atoms with Gasteiger partial charge in [-0.15, -0.1) is 0 Å². The van der Waals surface area contributed by atoms with Crippen LogP contribution in [0.15, 0.2) is 72.9 Å². The van der Waals surface area contributed by atoms with Crippen LogP contribution in [0.25, 0.3) is 22.4 Å². The van der Waals surface area contributed by atoms with Crippen LogP contribution in [-0.4, -0.2) is 4.98 Å². The molecule has 1 nitrogen and oxygen atoms in total. The summed E-state index contributed by atoms with van der Waals surface area (Å²) < 4.78 is 0. The fraction of sp³-hybridized carbons (Fsp3) is 0.190. The van der Waals surface area contributed by atoms with E-state index in [1.54, 1.807) is 0 Å². The number of benzene rings is 2. The first kappa shape index (κ1) is 14.5. The van der Waals surface area contributed by atoms with Crippen molar-refractivity contribution in [2.24, 2.45) is 0 Å². The van der Waals surface area contributed by atoms with E-state index in [4.69, 9.17) is 0 Å². The molecule has 0 unspecified atom stereocenters. The van der Waals surface area contributed by atoms with Gasteiger partial charge in [-0.1, -0.05) is 75.4 Å². The van der Waals surface area contributed by atoms with Crippen LogP contribution in [0.1, 0.15) is 26.3 Å². The fourth-order valence-electron chi connectivity index (χ4n) is 2.63. The van der Waals surface area contributed by atoms with E-state index in [-0.39, 0.29) is 5.41 Å². The molecule has 1 aromatic heterocycles. The minimum Gasteiger partial charge on any atom is -0.256 e. The summed E-state index contributed by atoms with van der Waals surface area (Å²) in [7, 11) is 0. The lowest BCUT2D eigenvalue weighted by atomic mass is 9.86. The van der Waals surface area contributed by atoms with Crippen LogP contribution in [0.3, 0.4) is 0 Å². The molecule has 1 heteroatoms. The van der Waals surface area contributed by atoms with E-state index in [1.807, 2.05) is 18.3 Å². The summed E-state index contributed by atoms with van der Waals surface area (Å²) in [6, 6.07) is 23.4. The minimum atomic E-state index is 0.180. The molecule has 0 saturated carbocycles. The largest absolute Gasteiger partial charge is 0.256 e. The molecule has 0 aliphatic carbocycles. The third-order valence-electron chi connectivity index (χ3n) is 3.93. The van der Waals surface area contributed by atoms with Crippen molar-refractivity contribution in [3.63, 3.8) is 0 Å². The van der Waals surface area contributed by atoms with E-state index in [2.05, 4.69) is 80.4 Å². The van der Waals surface area contributed by atoms with Gasteiger partial charge in [0.05, 0.1) is 5.69 Å². The van der Waals surface area contributed by atoms with Crippen molar-refractivity contribution in [2.45, 2.75) is 26.2 Å². The van der Waals surface area contributed by atoms with Gasteiger partial charge in [0, 0.05) is 11.8 Å². The Balaban J connectivity index is 2.06. The zero-order valence-electron chi connectivity index (χ0n) is 13.4. The summed E-state index contributed by atoms with van der Waals surface area (Å²) in [6.45, 7) is 6.72. The highest BCUT2D eigenvalue weighted by Crippen LogP contribution is 2.32. The Labute approximate surface area is 132 Å². The van der Waals surface area contributed by atoms with E-state index >= 15 is 0 Å². The number of hydrogen-bond donors (Lipinski definition) is 0. The van der Waals surface area contributed by atoms with Gasteiger partial charge in [0.15, 0.2) is 0 Å². The Hall–Kier alpha value is -2.41. The maximum atomic E-state index is 4.49. The topological polar surface area (TPSA) is 12.9 Å². The van der Waals surface area contributed by atoms with Crippen LogP contribution < -0.4 is 0 Å². The van der Waals surface area contributed by atoms with Crippen molar-refractivity contribution >= 4 is 0 Å². The first-order valence-electron chi connectivity index (χ1n) is 7.67. The third kappa shape index (κ3) is 2.94. The Kier molecular flexibility index (Phi) is 3.81.